The maximum atomic E-state index is 8.94. The van der Waals surface area contributed by atoms with Gasteiger partial charge in [0.15, 0.2) is 0 Å². The highest BCUT2D eigenvalue weighted by Gasteiger charge is 2.07. The van der Waals surface area contributed by atoms with E-state index in [0.29, 0.717) is 5.56 Å². The topological polar surface area (TPSA) is 58.8 Å². The molecule has 0 aliphatic rings. The zero-order valence-electron chi connectivity index (χ0n) is 9.10. The molecule has 2 rings (SSSR count). The summed E-state index contributed by atoms with van der Waals surface area (Å²) >= 11 is 11.5. The molecule has 2 aromatic rings. The van der Waals surface area contributed by atoms with E-state index in [0.717, 1.165) is 5.56 Å². The summed E-state index contributed by atoms with van der Waals surface area (Å²) in [5.74, 6) is 0.199. The summed E-state index contributed by atoms with van der Waals surface area (Å²) < 4.78 is 5.43. The molecule has 0 saturated carbocycles. The van der Waals surface area contributed by atoms with Gasteiger partial charge in [-0.1, -0.05) is 29.8 Å². The van der Waals surface area contributed by atoms with Crippen LogP contribution >= 0.6 is 23.2 Å². The number of halogens is 2. The van der Waals surface area contributed by atoms with Gasteiger partial charge < -0.3 is 4.74 Å². The van der Waals surface area contributed by atoms with Crippen molar-refractivity contribution in [3.8, 4) is 11.9 Å². The molecule has 0 fully saturated rings. The lowest BCUT2D eigenvalue weighted by molar-refractivity contribution is 0.293. The Kier molecular flexibility index (Phi) is 3.98. The van der Waals surface area contributed by atoms with Crippen LogP contribution in [0.3, 0.4) is 0 Å². The molecule has 18 heavy (non-hydrogen) atoms. The van der Waals surface area contributed by atoms with Gasteiger partial charge in [0.25, 0.3) is 0 Å². The van der Waals surface area contributed by atoms with E-state index in [4.69, 9.17) is 33.2 Å². The van der Waals surface area contributed by atoms with Crippen LogP contribution in [0.5, 0.6) is 5.88 Å². The Hall–Kier alpha value is -1.83. The van der Waals surface area contributed by atoms with Gasteiger partial charge in [0.1, 0.15) is 11.6 Å². The standard InChI is InChI=1S/C12H7Cl2N3O/c13-10-6-16-12(14)17-11(10)18-7-9-4-2-1-3-8(9)5-15/h1-4,6H,7H2. The Morgan fingerprint density at radius 3 is 2.83 bits per heavy atom. The second-order valence-electron chi connectivity index (χ2n) is 3.35. The molecule has 0 bridgehead atoms. The lowest BCUT2D eigenvalue weighted by atomic mass is 10.1. The minimum atomic E-state index is 0.0583. The fourth-order valence-electron chi connectivity index (χ4n) is 1.33. The molecule has 0 N–H and O–H groups in total. The number of hydrogen-bond donors (Lipinski definition) is 0. The zero-order valence-corrected chi connectivity index (χ0v) is 10.6. The number of benzene rings is 1. The van der Waals surface area contributed by atoms with E-state index in [-0.39, 0.29) is 22.8 Å². The van der Waals surface area contributed by atoms with E-state index in [2.05, 4.69) is 16.0 Å². The molecule has 90 valence electrons. The van der Waals surface area contributed by atoms with Gasteiger partial charge in [0, 0.05) is 5.56 Å². The summed E-state index contributed by atoms with van der Waals surface area (Å²) in [7, 11) is 0. The highest BCUT2D eigenvalue weighted by Crippen LogP contribution is 2.23. The summed E-state index contributed by atoms with van der Waals surface area (Å²) in [5.41, 5.74) is 1.31. The Morgan fingerprint density at radius 2 is 2.06 bits per heavy atom. The SMILES string of the molecule is N#Cc1ccccc1COc1nc(Cl)ncc1Cl. The van der Waals surface area contributed by atoms with Crippen LogP contribution in [0.2, 0.25) is 10.3 Å². The van der Waals surface area contributed by atoms with Crippen molar-refractivity contribution in [1.82, 2.24) is 9.97 Å². The van der Waals surface area contributed by atoms with Gasteiger partial charge in [0.05, 0.1) is 17.8 Å². The van der Waals surface area contributed by atoms with Crippen LogP contribution in [-0.2, 0) is 6.61 Å². The zero-order chi connectivity index (χ0) is 13.0. The Balaban J connectivity index is 2.17. The van der Waals surface area contributed by atoms with Crippen LogP contribution in [0.1, 0.15) is 11.1 Å². The van der Waals surface area contributed by atoms with Crippen molar-refractivity contribution in [3.63, 3.8) is 0 Å². The van der Waals surface area contributed by atoms with Crippen molar-refractivity contribution < 1.29 is 4.74 Å². The molecular formula is C12H7Cl2N3O. The largest absolute Gasteiger partial charge is 0.472 e. The number of hydrogen-bond acceptors (Lipinski definition) is 4. The van der Waals surface area contributed by atoms with Crippen LogP contribution in [0.25, 0.3) is 0 Å². The lowest BCUT2D eigenvalue weighted by Gasteiger charge is -2.07. The number of nitrogens with zero attached hydrogens (tertiary/aromatic N) is 3. The van der Waals surface area contributed by atoms with E-state index in [9.17, 15) is 0 Å². The summed E-state index contributed by atoms with van der Waals surface area (Å²) in [5, 5.41) is 9.27. The predicted octanol–water partition coefficient (Wildman–Crippen LogP) is 3.23. The van der Waals surface area contributed by atoms with Crippen molar-refractivity contribution in [1.29, 1.82) is 5.26 Å². The first-order valence-electron chi connectivity index (χ1n) is 4.99. The molecule has 0 saturated heterocycles. The summed E-state index contributed by atoms with van der Waals surface area (Å²) in [6, 6.07) is 9.22. The van der Waals surface area contributed by atoms with Crippen LogP contribution in [-0.4, -0.2) is 9.97 Å². The van der Waals surface area contributed by atoms with E-state index in [1.165, 1.54) is 6.20 Å². The second-order valence-corrected chi connectivity index (χ2v) is 4.10. The average molecular weight is 280 g/mol. The molecule has 0 unspecified atom stereocenters. The normalized spacial score (nSPS) is 9.83. The van der Waals surface area contributed by atoms with Gasteiger partial charge in [-0.3, -0.25) is 0 Å². The van der Waals surface area contributed by atoms with E-state index >= 15 is 0 Å². The molecule has 0 atom stereocenters. The van der Waals surface area contributed by atoms with Gasteiger partial charge in [-0.15, -0.1) is 0 Å². The van der Waals surface area contributed by atoms with E-state index in [1.807, 2.05) is 6.07 Å². The highest BCUT2D eigenvalue weighted by molar-refractivity contribution is 6.32. The van der Waals surface area contributed by atoms with Crippen molar-refractivity contribution >= 4 is 23.2 Å². The molecule has 6 heteroatoms. The fraction of sp³-hybridized carbons (Fsp3) is 0.0833. The summed E-state index contributed by atoms with van der Waals surface area (Å²) in [6.07, 6.45) is 1.36. The molecule has 0 spiro atoms. The molecule has 0 radical (unpaired) electrons. The molecule has 0 aliphatic heterocycles. The molecule has 1 heterocycles. The van der Waals surface area contributed by atoms with Gasteiger partial charge >= 0.3 is 0 Å². The Bertz CT molecular complexity index is 611. The van der Waals surface area contributed by atoms with Crippen LogP contribution in [0.4, 0.5) is 0 Å². The number of rotatable bonds is 3. The van der Waals surface area contributed by atoms with Gasteiger partial charge in [-0.2, -0.15) is 10.2 Å². The van der Waals surface area contributed by atoms with Crippen molar-refractivity contribution in [2.24, 2.45) is 0 Å². The average Bonchev–Trinajstić information content (AvgIpc) is 2.40. The Morgan fingerprint density at radius 1 is 1.28 bits per heavy atom. The maximum Gasteiger partial charge on any atom is 0.237 e. The fourth-order valence-corrected chi connectivity index (χ4v) is 1.60. The second kappa shape index (κ2) is 5.67. The van der Waals surface area contributed by atoms with Crippen LogP contribution < -0.4 is 4.74 Å². The maximum absolute atomic E-state index is 8.94. The molecule has 4 nitrogen and oxygen atoms in total. The third kappa shape index (κ3) is 2.89. The van der Waals surface area contributed by atoms with Crippen molar-refractivity contribution in [2.45, 2.75) is 6.61 Å². The van der Waals surface area contributed by atoms with Crippen molar-refractivity contribution in [2.75, 3.05) is 0 Å². The lowest BCUT2D eigenvalue weighted by Crippen LogP contribution is -2.00. The number of aromatic nitrogens is 2. The first kappa shape index (κ1) is 12.6. The third-order valence-electron chi connectivity index (χ3n) is 2.18. The molecule has 0 amide bonds. The Labute approximate surface area is 114 Å². The van der Waals surface area contributed by atoms with Gasteiger partial charge in [0.2, 0.25) is 11.2 Å². The predicted molar refractivity (Wildman–Crippen MR) is 67.5 cm³/mol. The summed E-state index contributed by atoms with van der Waals surface area (Å²) in [6.45, 7) is 0.191. The smallest absolute Gasteiger partial charge is 0.237 e. The van der Waals surface area contributed by atoms with Crippen molar-refractivity contribution in [3.05, 3.63) is 51.9 Å². The minimum absolute atomic E-state index is 0.0583. The van der Waals surface area contributed by atoms with Gasteiger partial charge in [-0.25, -0.2) is 4.98 Å². The summed E-state index contributed by atoms with van der Waals surface area (Å²) in [4.78, 5) is 7.58. The number of nitriles is 1. The quantitative estimate of drug-likeness (QED) is 0.810. The van der Waals surface area contributed by atoms with E-state index < -0.39 is 0 Å². The molecular weight excluding hydrogens is 273 g/mol. The first-order valence-corrected chi connectivity index (χ1v) is 5.75. The van der Waals surface area contributed by atoms with E-state index in [1.54, 1.807) is 18.2 Å². The first-order chi connectivity index (χ1) is 8.70. The monoisotopic (exact) mass is 279 g/mol. The minimum Gasteiger partial charge on any atom is -0.472 e. The third-order valence-corrected chi connectivity index (χ3v) is 2.63. The van der Waals surface area contributed by atoms with Crippen LogP contribution in [0, 0.1) is 11.3 Å². The molecule has 1 aromatic carbocycles. The molecule has 1 aromatic heterocycles. The van der Waals surface area contributed by atoms with Gasteiger partial charge in [-0.05, 0) is 17.7 Å². The highest BCUT2D eigenvalue weighted by atomic mass is 35.5. The number of ether oxygens (including phenoxy) is 1. The molecule has 0 aliphatic carbocycles. The van der Waals surface area contributed by atoms with Crippen LogP contribution in [0.15, 0.2) is 30.5 Å².